The number of fused-ring (bicyclic) bond motifs is 1. The first-order chi connectivity index (χ1) is 12.7. The van der Waals surface area contributed by atoms with Crippen LogP contribution in [0.25, 0.3) is 0 Å². The number of amides is 1. The molecule has 0 spiro atoms. The average Bonchev–Trinajstić information content (AvgIpc) is 3.14. The standard InChI is InChI=1S/C20H20ClNO4/c21-16-4-1-3-14(9-16)12-24-17-5-2-8-22(11-17)20(23)15-6-7-18-19(10-15)26-13-25-18/h1,3-4,6-7,9-10,17H,2,5,8,11-13H2. The molecule has 1 fully saturated rings. The fraction of sp³-hybridized carbons (Fsp3) is 0.350. The molecule has 4 rings (SSSR count). The van der Waals surface area contributed by atoms with Crippen LogP contribution in [0.1, 0.15) is 28.8 Å². The van der Waals surface area contributed by atoms with E-state index >= 15 is 0 Å². The normalized spacial score (nSPS) is 18.8. The third kappa shape index (κ3) is 3.79. The molecule has 2 heterocycles. The minimum Gasteiger partial charge on any atom is -0.454 e. The van der Waals surface area contributed by atoms with E-state index in [2.05, 4.69) is 0 Å². The van der Waals surface area contributed by atoms with Crippen molar-refractivity contribution >= 4 is 17.5 Å². The van der Waals surface area contributed by atoms with Crippen molar-refractivity contribution in [2.75, 3.05) is 19.9 Å². The highest BCUT2D eigenvalue weighted by Crippen LogP contribution is 2.33. The molecule has 0 aromatic heterocycles. The molecule has 5 nitrogen and oxygen atoms in total. The van der Waals surface area contributed by atoms with Crippen LogP contribution < -0.4 is 9.47 Å². The largest absolute Gasteiger partial charge is 0.454 e. The lowest BCUT2D eigenvalue weighted by Gasteiger charge is -2.32. The zero-order chi connectivity index (χ0) is 17.9. The highest BCUT2D eigenvalue weighted by atomic mass is 35.5. The Morgan fingerprint density at radius 1 is 1.19 bits per heavy atom. The molecule has 2 aromatic carbocycles. The Hall–Kier alpha value is -2.24. The highest BCUT2D eigenvalue weighted by Gasteiger charge is 2.26. The minimum atomic E-state index is -0.000597. The topological polar surface area (TPSA) is 48.0 Å². The van der Waals surface area contributed by atoms with Crippen molar-refractivity contribution in [3.8, 4) is 11.5 Å². The Morgan fingerprint density at radius 3 is 2.96 bits per heavy atom. The average molecular weight is 374 g/mol. The third-order valence-electron chi connectivity index (χ3n) is 4.66. The van der Waals surface area contributed by atoms with Crippen molar-refractivity contribution in [2.45, 2.75) is 25.6 Å². The van der Waals surface area contributed by atoms with E-state index in [9.17, 15) is 4.79 Å². The molecule has 1 amide bonds. The molecule has 6 heteroatoms. The molecular weight excluding hydrogens is 354 g/mol. The molecule has 0 N–H and O–H groups in total. The van der Waals surface area contributed by atoms with E-state index in [1.165, 1.54) is 0 Å². The Balaban J connectivity index is 1.37. The van der Waals surface area contributed by atoms with Gasteiger partial charge in [-0.1, -0.05) is 23.7 Å². The van der Waals surface area contributed by atoms with E-state index in [4.69, 9.17) is 25.8 Å². The van der Waals surface area contributed by atoms with E-state index < -0.39 is 0 Å². The molecule has 1 atom stereocenters. The van der Waals surface area contributed by atoms with Gasteiger partial charge in [0.05, 0.1) is 12.7 Å². The maximum absolute atomic E-state index is 12.8. The second kappa shape index (κ2) is 7.56. The molecule has 2 aromatic rings. The summed E-state index contributed by atoms with van der Waals surface area (Å²) in [4.78, 5) is 14.7. The molecule has 0 bridgehead atoms. The van der Waals surface area contributed by atoms with Gasteiger partial charge in [0.1, 0.15) is 0 Å². The van der Waals surface area contributed by atoms with Crippen molar-refractivity contribution in [1.29, 1.82) is 0 Å². The summed E-state index contributed by atoms with van der Waals surface area (Å²) < 4.78 is 16.7. The summed E-state index contributed by atoms with van der Waals surface area (Å²) in [6, 6.07) is 13.0. The van der Waals surface area contributed by atoms with Crippen LogP contribution in [0.15, 0.2) is 42.5 Å². The van der Waals surface area contributed by atoms with Crippen LogP contribution in [-0.4, -0.2) is 36.8 Å². The number of likely N-dealkylation sites (tertiary alicyclic amines) is 1. The van der Waals surface area contributed by atoms with E-state index in [1.54, 1.807) is 18.2 Å². The second-order valence-corrected chi connectivity index (χ2v) is 6.96. The number of rotatable bonds is 4. The summed E-state index contributed by atoms with van der Waals surface area (Å²) in [7, 11) is 0. The molecule has 0 radical (unpaired) electrons. The van der Waals surface area contributed by atoms with Crippen LogP contribution in [0, 0.1) is 0 Å². The van der Waals surface area contributed by atoms with Crippen molar-refractivity contribution in [2.24, 2.45) is 0 Å². The first-order valence-electron chi connectivity index (χ1n) is 8.74. The predicted octanol–water partition coefficient (Wildman–Crippen LogP) is 3.89. The number of carbonyl (C=O) groups is 1. The minimum absolute atomic E-state index is 0.000597. The number of nitrogens with zero attached hydrogens (tertiary/aromatic N) is 1. The van der Waals surface area contributed by atoms with Crippen LogP contribution in [0.4, 0.5) is 0 Å². The molecule has 136 valence electrons. The second-order valence-electron chi connectivity index (χ2n) is 6.52. The summed E-state index contributed by atoms with van der Waals surface area (Å²) in [6.45, 7) is 2.03. The maximum Gasteiger partial charge on any atom is 0.254 e. The van der Waals surface area contributed by atoms with E-state index in [-0.39, 0.29) is 18.8 Å². The number of ether oxygens (including phenoxy) is 3. The van der Waals surface area contributed by atoms with Crippen molar-refractivity contribution in [1.82, 2.24) is 4.90 Å². The van der Waals surface area contributed by atoms with Gasteiger partial charge >= 0.3 is 0 Å². The molecule has 1 saturated heterocycles. The quantitative estimate of drug-likeness (QED) is 0.815. The Kier molecular flexibility index (Phi) is 5.00. The van der Waals surface area contributed by atoms with Crippen LogP contribution in [0.5, 0.6) is 11.5 Å². The first-order valence-corrected chi connectivity index (χ1v) is 9.12. The van der Waals surface area contributed by atoms with Crippen LogP contribution in [0.3, 0.4) is 0 Å². The van der Waals surface area contributed by atoms with Gasteiger partial charge in [-0.2, -0.15) is 0 Å². The number of benzene rings is 2. The van der Waals surface area contributed by atoms with Gasteiger partial charge in [0.25, 0.3) is 5.91 Å². The number of piperidine rings is 1. The first kappa shape index (κ1) is 17.2. The van der Waals surface area contributed by atoms with Crippen LogP contribution in [0.2, 0.25) is 5.02 Å². The summed E-state index contributed by atoms with van der Waals surface area (Å²) in [6.07, 6.45) is 1.91. The number of halogens is 1. The lowest BCUT2D eigenvalue weighted by Crippen LogP contribution is -2.43. The Bertz CT molecular complexity index is 810. The maximum atomic E-state index is 12.8. The zero-order valence-electron chi connectivity index (χ0n) is 14.3. The summed E-state index contributed by atoms with van der Waals surface area (Å²) in [5.41, 5.74) is 1.65. The molecule has 1 unspecified atom stereocenters. The van der Waals surface area contributed by atoms with Gasteiger partial charge < -0.3 is 19.1 Å². The number of carbonyl (C=O) groups excluding carboxylic acids is 1. The fourth-order valence-corrected chi connectivity index (χ4v) is 3.52. The highest BCUT2D eigenvalue weighted by molar-refractivity contribution is 6.30. The van der Waals surface area contributed by atoms with Crippen molar-refractivity contribution in [3.05, 3.63) is 58.6 Å². The molecule has 2 aliphatic rings. The Morgan fingerprint density at radius 2 is 2.08 bits per heavy atom. The van der Waals surface area contributed by atoms with Crippen molar-refractivity contribution in [3.63, 3.8) is 0 Å². The molecule has 0 aliphatic carbocycles. The summed E-state index contributed by atoms with van der Waals surface area (Å²) in [5, 5.41) is 0.703. The monoisotopic (exact) mass is 373 g/mol. The zero-order valence-corrected chi connectivity index (χ0v) is 15.1. The smallest absolute Gasteiger partial charge is 0.254 e. The van der Waals surface area contributed by atoms with Gasteiger partial charge in [0.15, 0.2) is 11.5 Å². The van der Waals surface area contributed by atoms with Gasteiger partial charge in [0.2, 0.25) is 6.79 Å². The Labute approximate surface area is 157 Å². The van der Waals surface area contributed by atoms with Gasteiger partial charge in [-0.15, -0.1) is 0 Å². The lowest BCUT2D eigenvalue weighted by molar-refractivity contribution is -0.00673. The third-order valence-corrected chi connectivity index (χ3v) is 4.89. The van der Waals surface area contributed by atoms with Gasteiger partial charge in [-0.25, -0.2) is 0 Å². The molecular formula is C20H20ClNO4. The predicted molar refractivity (Wildman–Crippen MR) is 97.7 cm³/mol. The molecule has 2 aliphatic heterocycles. The van der Waals surface area contributed by atoms with E-state index in [0.717, 1.165) is 24.9 Å². The lowest BCUT2D eigenvalue weighted by atomic mass is 10.1. The molecule has 0 saturated carbocycles. The number of hydrogen-bond acceptors (Lipinski definition) is 4. The van der Waals surface area contributed by atoms with E-state index in [1.807, 2.05) is 29.2 Å². The number of hydrogen-bond donors (Lipinski definition) is 0. The van der Waals surface area contributed by atoms with Crippen LogP contribution >= 0.6 is 11.6 Å². The SMILES string of the molecule is O=C(c1ccc2c(c1)OCO2)N1CCCC(OCc2cccc(Cl)c2)C1. The van der Waals surface area contributed by atoms with Gasteiger partial charge in [0, 0.05) is 23.7 Å². The van der Waals surface area contributed by atoms with E-state index in [0.29, 0.717) is 35.2 Å². The van der Waals surface area contributed by atoms with Gasteiger partial charge in [-0.3, -0.25) is 4.79 Å². The fourth-order valence-electron chi connectivity index (χ4n) is 3.31. The van der Waals surface area contributed by atoms with Crippen molar-refractivity contribution < 1.29 is 19.0 Å². The summed E-state index contributed by atoms with van der Waals surface area (Å²) in [5.74, 6) is 1.31. The summed E-state index contributed by atoms with van der Waals surface area (Å²) >= 11 is 6.01. The van der Waals surface area contributed by atoms with Crippen LogP contribution in [-0.2, 0) is 11.3 Å². The molecule has 26 heavy (non-hydrogen) atoms. The van der Waals surface area contributed by atoms with Gasteiger partial charge in [-0.05, 0) is 48.7 Å².